The SMILES string of the molecule is CCOc1cc(C2NC(=S)NC(C)=C2C(=O)OC)cc(Cl)c1O. The van der Waals surface area contributed by atoms with E-state index in [4.69, 9.17) is 33.3 Å². The van der Waals surface area contributed by atoms with E-state index in [9.17, 15) is 9.90 Å². The summed E-state index contributed by atoms with van der Waals surface area (Å²) in [5, 5.41) is 16.4. The van der Waals surface area contributed by atoms with Crippen LogP contribution in [0, 0.1) is 0 Å². The number of thiocarbonyl (C=S) groups is 1. The molecule has 1 aromatic rings. The second-order valence-electron chi connectivity index (χ2n) is 4.84. The van der Waals surface area contributed by atoms with Gasteiger partial charge in [-0.1, -0.05) is 11.6 Å². The number of hydrogen-bond donors (Lipinski definition) is 3. The summed E-state index contributed by atoms with van der Waals surface area (Å²) in [6.07, 6.45) is 0. The van der Waals surface area contributed by atoms with Crippen LogP contribution in [0.25, 0.3) is 0 Å². The van der Waals surface area contributed by atoms with Gasteiger partial charge in [0.15, 0.2) is 16.6 Å². The van der Waals surface area contributed by atoms with Crippen molar-refractivity contribution in [1.82, 2.24) is 10.6 Å². The minimum absolute atomic E-state index is 0.124. The molecule has 0 radical (unpaired) electrons. The minimum atomic E-state index is -0.562. The van der Waals surface area contributed by atoms with E-state index in [1.165, 1.54) is 7.11 Å². The maximum Gasteiger partial charge on any atom is 0.337 e. The second-order valence-corrected chi connectivity index (χ2v) is 5.66. The number of halogens is 1. The lowest BCUT2D eigenvalue weighted by molar-refractivity contribution is -0.136. The largest absolute Gasteiger partial charge is 0.503 e. The first kappa shape index (κ1) is 17.4. The number of phenols is 1. The molecule has 1 aromatic carbocycles. The predicted molar refractivity (Wildman–Crippen MR) is 90.6 cm³/mol. The van der Waals surface area contributed by atoms with E-state index < -0.39 is 12.0 Å². The molecule has 0 saturated heterocycles. The van der Waals surface area contributed by atoms with E-state index in [1.807, 2.05) is 0 Å². The summed E-state index contributed by atoms with van der Waals surface area (Å²) in [6.45, 7) is 3.89. The maximum atomic E-state index is 12.1. The molecule has 1 aliphatic heterocycles. The highest BCUT2D eigenvalue weighted by molar-refractivity contribution is 7.80. The number of hydrogen-bond acceptors (Lipinski definition) is 5. The van der Waals surface area contributed by atoms with Crippen LogP contribution in [0.2, 0.25) is 5.02 Å². The third-order valence-corrected chi connectivity index (χ3v) is 3.87. The van der Waals surface area contributed by atoms with Crippen molar-refractivity contribution in [3.63, 3.8) is 0 Å². The fraction of sp³-hybridized carbons (Fsp3) is 0.333. The molecule has 1 aliphatic rings. The Labute approximate surface area is 144 Å². The second kappa shape index (κ2) is 7.06. The average Bonchev–Trinajstić information content (AvgIpc) is 2.50. The monoisotopic (exact) mass is 356 g/mol. The lowest BCUT2D eigenvalue weighted by Crippen LogP contribution is -2.45. The van der Waals surface area contributed by atoms with Crippen molar-refractivity contribution >= 4 is 34.9 Å². The van der Waals surface area contributed by atoms with Gasteiger partial charge in [-0.05, 0) is 43.8 Å². The van der Waals surface area contributed by atoms with Gasteiger partial charge in [0.05, 0.1) is 30.4 Å². The number of esters is 1. The number of carbonyl (C=O) groups is 1. The molecular weight excluding hydrogens is 340 g/mol. The normalized spacial score (nSPS) is 17.4. The van der Waals surface area contributed by atoms with Crippen LogP contribution in [0.3, 0.4) is 0 Å². The highest BCUT2D eigenvalue weighted by Crippen LogP contribution is 2.39. The highest BCUT2D eigenvalue weighted by Gasteiger charge is 2.31. The molecule has 6 nitrogen and oxygen atoms in total. The van der Waals surface area contributed by atoms with Crippen molar-refractivity contribution in [2.45, 2.75) is 19.9 Å². The average molecular weight is 357 g/mol. The van der Waals surface area contributed by atoms with E-state index in [1.54, 1.807) is 26.0 Å². The van der Waals surface area contributed by atoms with Crippen LogP contribution in [-0.2, 0) is 9.53 Å². The van der Waals surface area contributed by atoms with Crippen LogP contribution in [-0.4, -0.2) is 29.9 Å². The number of ether oxygens (including phenoxy) is 2. The van der Waals surface area contributed by atoms with Gasteiger partial charge in [0.2, 0.25) is 0 Å². The Morgan fingerprint density at radius 1 is 1.48 bits per heavy atom. The quantitative estimate of drug-likeness (QED) is 0.564. The maximum absolute atomic E-state index is 12.1. The summed E-state index contributed by atoms with van der Waals surface area (Å²) < 4.78 is 10.2. The molecule has 0 fully saturated rings. The first-order valence-corrected chi connectivity index (χ1v) is 7.69. The topological polar surface area (TPSA) is 79.8 Å². The Balaban J connectivity index is 2.56. The van der Waals surface area contributed by atoms with Crippen molar-refractivity contribution in [2.24, 2.45) is 0 Å². The van der Waals surface area contributed by atoms with Crippen LogP contribution >= 0.6 is 23.8 Å². The molecule has 1 heterocycles. The van der Waals surface area contributed by atoms with Gasteiger partial charge in [-0.25, -0.2) is 4.79 Å². The molecule has 3 N–H and O–H groups in total. The number of benzene rings is 1. The van der Waals surface area contributed by atoms with E-state index >= 15 is 0 Å². The summed E-state index contributed by atoms with van der Waals surface area (Å²) in [7, 11) is 1.31. The van der Waals surface area contributed by atoms with E-state index in [0.29, 0.717) is 28.6 Å². The Morgan fingerprint density at radius 3 is 2.78 bits per heavy atom. The lowest BCUT2D eigenvalue weighted by atomic mass is 9.95. The molecule has 1 atom stereocenters. The molecule has 0 bridgehead atoms. The van der Waals surface area contributed by atoms with Gasteiger partial charge in [0.1, 0.15) is 0 Å². The number of rotatable bonds is 4. The number of aromatic hydroxyl groups is 1. The number of phenolic OH excluding ortho intramolecular Hbond substituents is 1. The standard InChI is InChI=1S/C15H17ClN2O4S/c1-4-22-10-6-8(5-9(16)13(10)19)12-11(14(20)21-3)7(2)17-15(23)18-12/h5-6,12,19H,4H2,1-3H3,(H2,17,18,23). The van der Waals surface area contributed by atoms with E-state index in [2.05, 4.69) is 10.6 Å². The van der Waals surface area contributed by atoms with Gasteiger partial charge in [-0.3, -0.25) is 0 Å². The molecule has 0 spiro atoms. The van der Waals surface area contributed by atoms with Crippen molar-refractivity contribution in [1.29, 1.82) is 0 Å². The number of nitrogens with one attached hydrogen (secondary N) is 2. The van der Waals surface area contributed by atoms with Crippen LogP contribution < -0.4 is 15.4 Å². The fourth-order valence-electron chi connectivity index (χ4n) is 2.35. The predicted octanol–water partition coefficient (Wildman–Crippen LogP) is 2.41. The third kappa shape index (κ3) is 3.51. The molecule has 0 aromatic heterocycles. The highest BCUT2D eigenvalue weighted by atomic mass is 35.5. The zero-order chi connectivity index (χ0) is 17.1. The van der Waals surface area contributed by atoms with Crippen LogP contribution in [0.5, 0.6) is 11.5 Å². The molecule has 2 rings (SSSR count). The first-order valence-electron chi connectivity index (χ1n) is 6.90. The summed E-state index contributed by atoms with van der Waals surface area (Å²) in [5.41, 5.74) is 1.60. The van der Waals surface area contributed by atoms with Crippen molar-refractivity contribution < 1.29 is 19.4 Å². The van der Waals surface area contributed by atoms with Crippen LogP contribution in [0.1, 0.15) is 25.5 Å². The molecule has 0 aliphatic carbocycles. The molecule has 23 heavy (non-hydrogen) atoms. The summed E-state index contributed by atoms with van der Waals surface area (Å²) >= 11 is 11.2. The van der Waals surface area contributed by atoms with Gasteiger partial charge in [-0.2, -0.15) is 0 Å². The van der Waals surface area contributed by atoms with E-state index in [0.717, 1.165) is 0 Å². The summed E-state index contributed by atoms with van der Waals surface area (Å²) in [6, 6.07) is 2.61. The summed E-state index contributed by atoms with van der Waals surface area (Å²) in [4.78, 5) is 12.1. The zero-order valence-corrected chi connectivity index (χ0v) is 14.5. The molecule has 124 valence electrons. The smallest absolute Gasteiger partial charge is 0.337 e. The number of methoxy groups -OCH3 is 1. The number of carbonyl (C=O) groups excluding carboxylic acids is 1. The fourth-order valence-corrected chi connectivity index (χ4v) is 2.84. The van der Waals surface area contributed by atoms with E-state index in [-0.39, 0.29) is 16.5 Å². The Hall–Kier alpha value is -1.99. The van der Waals surface area contributed by atoms with Gasteiger partial charge in [0.25, 0.3) is 0 Å². The van der Waals surface area contributed by atoms with Crippen LogP contribution in [0.15, 0.2) is 23.4 Å². The Morgan fingerprint density at radius 2 is 2.17 bits per heavy atom. The molecule has 0 amide bonds. The Kier molecular flexibility index (Phi) is 5.33. The zero-order valence-electron chi connectivity index (χ0n) is 12.9. The molecular formula is C15H17ClN2O4S. The third-order valence-electron chi connectivity index (χ3n) is 3.36. The lowest BCUT2D eigenvalue weighted by Gasteiger charge is -2.30. The van der Waals surface area contributed by atoms with Crippen molar-refractivity contribution in [3.8, 4) is 11.5 Å². The summed E-state index contributed by atoms with van der Waals surface area (Å²) in [5.74, 6) is -0.394. The number of allylic oxidation sites excluding steroid dienone is 1. The molecule has 8 heteroatoms. The van der Waals surface area contributed by atoms with Gasteiger partial charge >= 0.3 is 5.97 Å². The van der Waals surface area contributed by atoms with Crippen molar-refractivity contribution in [2.75, 3.05) is 13.7 Å². The van der Waals surface area contributed by atoms with Gasteiger partial charge in [0, 0.05) is 5.70 Å². The van der Waals surface area contributed by atoms with Gasteiger partial charge < -0.3 is 25.2 Å². The minimum Gasteiger partial charge on any atom is -0.503 e. The first-order chi connectivity index (χ1) is 10.9. The van der Waals surface area contributed by atoms with Crippen molar-refractivity contribution in [3.05, 3.63) is 34.0 Å². The van der Waals surface area contributed by atoms with Crippen LogP contribution in [0.4, 0.5) is 0 Å². The van der Waals surface area contributed by atoms with Gasteiger partial charge in [-0.15, -0.1) is 0 Å². The molecule has 0 saturated carbocycles. The Bertz CT molecular complexity index is 690. The molecule has 1 unspecified atom stereocenters.